The third-order valence-corrected chi connectivity index (χ3v) is 7.10. The highest BCUT2D eigenvalue weighted by atomic mass is 32.2. The van der Waals surface area contributed by atoms with E-state index in [1.165, 1.54) is 10.5 Å². The molecule has 2 aromatic rings. The second-order valence-corrected chi connectivity index (χ2v) is 9.05. The second kappa shape index (κ2) is 9.64. The third kappa shape index (κ3) is 4.82. The number of thioether (sulfide) groups is 1. The van der Waals surface area contributed by atoms with E-state index in [2.05, 4.69) is 17.4 Å². The van der Waals surface area contributed by atoms with Crippen molar-refractivity contribution in [2.45, 2.75) is 30.2 Å². The number of hydrogen-bond donors (Lipinski definition) is 1. The van der Waals surface area contributed by atoms with Crippen LogP contribution in [-0.2, 0) is 16.0 Å². The summed E-state index contributed by atoms with van der Waals surface area (Å²) in [5, 5.41) is 3.20. The lowest BCUT2D eigenvalue weighted by atomic mass is 10.0. The van der Waals surface area contributed by atoms with Gasteiger partial charge >= 0.3 is 0 Å². The molecule has 0 saturated carbocycles. The molecule has 0 bridgehead atoms. The first-order valence-corrected chi connectivity index (χ1v) is 11.6. The number of carbonyl (C=O) groups is 2. The molecule has 1 N–H and O–H groups in total. The third-order valence-electron chi connectivity index (χ3n) is 5.98. The Morgan fingerprint density at radius 1 is 1.16 bits per heavy atom. The van der Waals surface area contributed by atoms with Gasteiger partial charge in [0.25, 0.3) is 0 Å². The molecule has 0 radical (unpaired) electrons. The Balaban J connectivity index is 1.34. The number of fused-ring (bicyclic) bond motifs is 1. The van der Waals surface area contributed by atoms with Crippen molar-refractivity contribution in [3.63, 3.8) is 0 Å². The van der Waals surface area contributed by atoms with E-state index >= 15 is 0 Å². The molecule has 2 aromatic carbocycles. The van der Waals surface area contributed by atoms with E-state index < -0.39 is 0 Å². The summed E-state index contributed by atoms with van der Waals surface area (Å²) < 4.78 is 10.6. The number of ether oxygens (including phenoxy) is 2. The molecule has 2 aliphatic heterocycles. The van der Waals surface area contributed by atoms with E-state index in [0.717, 1.165) is 17.7 Å². The zero-order valence-electron chi connectivity index (χ0n) is 17.9. The lowest BCUT2D eigenvalue weighted by Gasteiger charge is -2.27. The van der Waals surface area contributed by atoms with Crippen molar-refractivity contribution >= 4 is 23.6 Å². The molecule has 2 heterocycles. The number of benzene rings is 2. The van der Waals surface area contributed by atoms with E-state index in [4.69, 9.17) is 9.47 Å². The summed E-state index contributed by atoms with van der Waals surface area (Å²) in [6.07, 6.45) is 1.89. The fraction of sp³-hybridized carbons (Fsp3) is 0.417. The SMILES string of the molecule is COc1ccc(CCN2C[C@H](C(=O)N[C@H]3CCSc4ccccc43)CC2=O)cc1OC. The van der Waals surface area contributed by atoms with Crippen LogP contribution in [0.5, 0.6) is 11.5 Å². The van der Waals surface area contributed by atoms with Crippen molar-refractivity contribution in [1.82, 2.24) is 10.2 Å². The zero-order chi connectivity index (χ0) is 21.8. The minimum atomic E-state index is -0.292. The molecular weight excluding hydrogens is 412 g/mol. The lowest BCUT2D eigenvalue weighted by molar-refractivity contribution is -0.129. The van der Waals surface area contributed by atoms with Crippen LogP contribution in [0.1, 0.15) is 30.0 Å². The fourth-order valence-electron chi connectivity index (χ4n) is 4.25. The summed E-state index contributed by atoms with van der Waals surface area (Å²) in [6, 6.07) is 14.0. The van der Waals surface area contributed by atoms with Crippen molar-refractivity contribution in [3.05, 3.63) is 53.6 Å². The minimum Gasteiger partial charge on any atom is -0.493 e. The van der Waals surface area contributed by atoms with Gasteiger partial charge in [0.2, 0.25) is 11.8 Å². The summed E-state index contributed by atoms with van der Waals surface area (Å²) in [4.78, 5) is 28.5. The molecule has 0 aliphatic carbocycles. The van der Waals surface area contributed by atoms with Crippen molar-refractivity contribution < 1.29 is 19.1 Å². The number of amides is 2. The van der Waals surface area contributed by atoms with Gasteiger partial charge in [-0.1, -0.05) is 24.3 Å². The maximum Gasteiger partial charge on any atom is 0.225 e. The largest absolute Gasteiger partial charge is 0.493 e. The summed E-state index contributed by atoms with van der Waals surface area (Å²) in [5.74, 6) is 2.08. The van der Waals surface area contributed by atoms with Crippen molar-refractivity contribution in [2.75, 3.05) is 33.1 Å². The van der Waals surface area contributed by atoms with Crippen LogP contribution in [0.2, 0.25) is 0 Å². The molecule has 1 saturated heterocycles. The Hall–Kier alpha value is -2.67. The summed E-state index contributed by atoms with van der Waals surface area (Å²) >= 11 is 1.83. The molecule has 7 heteroatoms. The van der Waals surface area contributed by atoms with Gasteiger partial charge in [-0.05, 0) is 42.2 Å². The average molecular weight is 441 g/mol. The lowest BCUT2D eigenvalue weighted by Crippen LogP contribution is -2.37. The molecule has 31 heavy (non-hydrogen) atoms. The maximum absolute atomic E-state index is 12.9. The Labute approximate surface area is 187 Å². The van der Waals surface area contributed by atoms with E-state index in [9.17, 15) is 9.59 Å². The van der Waals surface area contributed by atoms with Gasteiger partial charge in [-0.2, -0.15) is 0 Å². The van der Waals surface area contributed by atoms with E-state index in [1.807, 2.05) is 42.1 Å². The Kier molecular flexibility index (Phi) is 6.70. The normalized spacial score (nSPS) is 20.3. The van der Waals surface area contributed by atoms with E-state index in [1.54, 1.807) is 19.1 Å². The number of likely N-dealkylation sites (tertiary alicyclic amines) is 1. The van der Waals surface area contributed by atoms with Crippen molar-refractivity contribution in [1.29, 1.82) is 0 Å². The summed E-state index contributed by atoms with van der Waals surface area (Å²) in [6.45, 7) is 1.06. The maximum atomic E-state index is 12.9. The number of rotatable bonds is 7. The van der Waals surface area contributed by atoms with E-state index in [-0.39, 0.29) is 30.2 Å². The summed E-state index contributed by atoms with van der Waals surface area (Å²) in [5.41, 5.74) is 2.25. The molecule has 0 spiro atoms. The van der Waals surface area contributed by atoms with Gasteiger partial charge in [0.05, 0.1) is 26.2 Å². The first-order valence-electron chi connectivity index (χ1n) is 10.6. The molecule has 6 nitrogen and oxygen atoms in total. The predicted octanol–water partition coefficient (Wildman–Crippen LogP) is 3.45. The Bertz CT molecular complexity index is 964. The van der Waals surface area contributed by atoms with Gasteiger partial charge in [-0.25, -0.2) is 0 Å². The van der Waals surface area contributed by atoms with Crippen LogP contribution >= 0.6 is 11.8 Å². The standard InChI is InChI=1S/C24H28N2O4S/c1-29-20-8-7-16(13-21(20)30-2)9-11-26-15-17(14-23(26)27)24(28)25-19-10-12-31-22-6-4-3-5-18(19)22/h3-8,13,17,19H,9-12,14-15H2,1-2H3,(H,25,28)/t17-,19+/m1/s1. The average Bonchev–Trinajstić information content (AvgIpc) is 3.18. The number of nitrogens with one attached hydrogen (secondary N) is 1. The highest BCUT2D eigenvalue weighted by molar-refractivity contribution is 7.99. The molecular formula is C24H28N2O4S. The van der Waals surface area contributed by atoms with Gasteiger partial charge < -0.3 is 19.7 Å². The number of methoxy groups -OCH3 is 2. The Morgan fingerprint density at radius 2 is 1.97 bits per heavy atom. The molecule has 0 unspecified atom stereocenters. The highest BCUT2D eigenvalue weighted by Gasteiger charge is 2.35. The van der Waals surface area contributed by atoms with Gasteiger partial charge in [-0.15, -0.1) is 11.8 Å². The quantitative estimate of drug-likeness (QED) is 0.714. The highest BCUT2D eigenvalue weighted by Crippen LogP contribution is 2.36. The van der Waals surface area contributed by atoms with Gasteiger partial charge in [0.1, 0.15) is 0 Å². The molecule has 2 aliphatic rings. The molecule has 1 fully saturated rings. The van der Waals surface area contributed by atoms with Crippen LogP contribution in [0, 0.1) is 5.92 Å². The Morgan fingerprint density at radius 3 is 2.77 bits per heavy atom. The topological polar surface area (TPSA) is 67.9 Å². The molecule has 2 atom stereocenters. The number of hydrogen-bond acceptors (Lipinski definition) is 5. The van der Waals surface area contributed by atoms with Crippen LogP contribution in [0.3, 0.4) is 0 Å². The summed E-state index contributed by atoms with van der Waals surface area (Å²) in [7, 11) is 3.22. The van der Waals surface area contributed by atoms with Gasteiger partial charge in [-0.3, -0.25) is 9.59 Å². The van der Waals surface area contributed by atoms with Crippen LogP contribution in [0.4, 0.5) is 0 Å². The molecule has 4 rings (SSSR count). The molecule has 164 valence electrons. The van der Waals surface area contributed by atoms with Gasteiger partial charge in [0.15, 0.2) is 11.5 Å². The van der Waals surface area contributed by atoms with Crippen LogP contribution < -0.4 is 14.8 Å². The second-order valence-electron chi connectivity index (χ2n) is 7.92. The zero-order valence-corrected chi connectivity index (χ0v) is 18.7. The first kappa shape index (κ1) is 21.6. The first-order chi connectivity index (χ1) is 15.1. The molecule has 0 aromatic heterocycles. The minimum absolute atomic E-state index is 0.0198. The monoisotopic (exact) mass is 440 g/mol. The molecule has 2 amide bonds. The van der Waals surface area contributed by atoms with Crippen LogP contribution in [0.25, 0.3) is 0 Å². The van der Waals surface area contributed by atoms with Gasteiger partial charge in [0, 0.05) is 30.2 Å². The van der Waals surface area contributed by atoms with Crippen molar-refractivity contribution in [3.8, 4) is 11.5 Å². The predicted molar refractivity (Wildman–Crippen MR) is 121 cm³/mol. The smallest absolute Gasteiger partial charge is 0.225 e. The fourth-order valence-corrected chi connectivity index (χ4v) is 5.37. The van der Waals surface area contributed by atoms with E-state index in [0.29, 0.717) is 31.0 Å². The number of nitrogens with zero attached hydrogens (tertiary/aromatic N) is 1. The number of carbonyl (C=O) groups excluding carboxylic acids is 2. The van der Waals surface area contributed by atoms with Crippen LogP contribution in [-0.4, -0.2) is 49.8 Å². The van der Waals surface area contributed by atoms with Crippen LogP contribution in [0.15, 0.2) is 47.4 Å². The van der Waals surface area contributed by atoms with Crippen molar-refractivity contribution in [2.24, 2.45) is 5.92 Å².